The molecule has 0 spiro atoms. The van der Waals surface area contributed by atoms with Gasteiger partial charge in [-0.15, -0.1) is 0 Å². The van der Waals surface area contributed by atoms with Gasteiger partial charge in [0.1, 0.15) is 0 Å². The molecule has 0 saturated heterocycles. The molecule has 3 rings (SSSR count). The van der Waals surface area contributed by atoms with Crippen LogP contribution in [0.3, 0.4) is 0 Å². The van der Waals surface area contributed by atoms with Crippen LogP contribution in [0.15, 0.2) is 84.9 Å². The molecule has 1 unspecified atom stereocenters. The summed E-state index contributed by atoms with van der Waals surface area (Å²) in [5.41, 5.74) is 2.60. The summed E-state index contributed by atoms with van der Waals surface area (Å²) in [6, 6.07) is 26.7. The van der Waals surface area contributed by atoms with Crippen molar-refractivity contribution in [2.45, 2.75) is 12.5 Å². The van der Waals surface area contributed by atoms with E-state index in [4.69, 9.17) is 11.6 Å². The van der Waals surface area contributed by atoms with E-state index in [1.807, 2.05) is 84.9 Å². The van der Waals surface area contributed by atoms with Crippen LogP contribution < -0.4 is 5.32 Å². The third kappa shape index (κ3) is 4.03. The van der Waals surface area contributed by atoms with Crippen LogP contribution in [0.2, 0.25) is 5.02 Å². The zero-order chi connectivity index (χ0) is 16.8. The molecule has 24 heavy (non-hydrogen) atoms. The zero-order valence-electron chi connectivity index (χ0n) is 13.2. The maximum absolute atomic E-state index is 12.6. The van der Waals surface area contributed by atoms with E-state index in [1.54, 1.807) is 0 Å². The first-order chi connectivity index (χ1) is 11.7. The highest BCUT2D eigenvalue weighted by Gasteiger charge is 2.19. The molecule has 0 amide bonds. The highest BCUT2D eigenvalue weighted by Crippen LogP contribution is 2.29. The number of benzene rings is 3. The van der Waals surface area contributed by atoms with Gasteiger partial charge in [0.05, 0.1) is 6.04 Å². The van der Waals surface area contributed by atoms with Crippen molar-refractivity contribution >= 4 is 23.1 Å². The minimum Gasteiger partial charge on any atom is -0.378 e. The minimum absolute atomic E-state index is 0.0870. The van der Waals surface area contributed by atoms with Crippen LogP contribution in [0.25, 0.3) is 0 Å². The number of rotatable bonds is 6. The summed E-state index contributed by atoms with van der Waals surface area (Å²) in [6.45, 7) is 0. The molecular weight excluding hydrogens is 318 g/mol. The molecule has 120 valence electrons. The monoisotopic (exact) mass is 335 g/mol. The summed E-state index contributed by atoms with van der Waals surface area (Å²) < 4.78 is 0. The molecule has 1 atom stereocenters. The average molecular weight is 336 g/mol. The van der Waals surface area contributed by atoms with E-state index in [0.29, 0.717) is 17.0 Å². The van der Waals surface area contributed by atoms with Crippen molar-refractivity contribution in [2.24, 2.45) is 0 Å². The van der Waals surface area contributed by atoms with E-state index in [-0.39, 0.29) is 11.8 Å². The summed E-state index contributed by atoms with van der Waals surface area (Å²) in [6.07, 6.45) is 0.336. The first-order valence-corrected chi connectivity index (χ1v) is 8.26. The number of anilines is 1. The summed E-state index contributed by atoms with van der Waals surface area (Å²) >= 11 is 6.36. The van der Waals surface area contributed by atoms with Gasteiger partial charge in [-0.1, -0.05) is 78.3 Å². The molecule has 1 N–H and O–H groups in total. The molecule has 3 aromatic carbocycles. The molecule has 3 aromatic rings. The first-order valence-electron chi connectivity index (χ1n) is 7.88. The molecule has 0 aromatic heterocycles. The lowest BCUT2D eigenvalue weighted by molar-refractivity contribution is 0.0976. The van der Waals surface area contributed by atoms with Crippen LogP contribution in [0.5, 0.6) is 0 Å². The molecule has 0 bridgehead atoms. The first kappa shape index (κ1) is 16.3. The van der Waals surface area contributed by atoms with Crippen molar-refractivity contribution in [1.82, 2.24) is 0 Å². The van der Waals surface area contributed by atoms with Crippen molar-refractivity contribution in [3.8, 4) is 0 Å². The van der Waals surface area contributed by atoms with Crippen molar-refractivity contribution in [3.05, 3.63) is 101 Å². The van der Waals surface area contributed by atoms with Crippen molar-refractivity contribution in [1.29, 1.82) is 0 Å². The fraction of sp³-hybridized carbons (Fsp3) is 0.0952. The quantitative estimate of drug-likeness (QED) is 0.580. The Labute approximate surface area is 147 Å². The second-order valence-corrected chi connectivity index (χ2v) is 5.98. The third-order valence-corrected chi connectivity index (χ3v) is 4.22. The van der Waals surface area contributed by atoms with E-state index in [2.05, 4.69) is 5.32 Å². The van der Waals surface area contributed by atoms with Gasteiger partial charge in [0.15, 0.2) is 5.78 Å². The number of Topliss-reactive ketones (excluding diaryl/α,β-unsaturated/α-hetero) is 1. The van der Waals surface area contributed by atoms with Gasteiger partial charge in [0, 0.05) is 22.7 Å². The molecule has 0 aliphatic heterocycles. The second-order valence-electron chi connectivity index (χ2n) is 5.58. The van der Waals surface area contributed by atoms with E-state index >= 15 is 0 Å². The maximum Gasteiger partial charge on any atom is 0.165 e. The predicted octanol–water partition coefficient (Wildman–Crippen LogP) is 5.77. The number of hydrogen-bond acceptors (Lipinski definition) is 2. The summed E-state index contributed by atoms with van der Waals surface area (Å²) in [5, 5.41) is 4.09. The number of carbonyl (C=O) groups is 1. The Balaban J connectivity index is 1.87. The van der Waals surface area contributed by atoms with Crippen LogP contribution in [-0.4, -0.2) is 5.78 Å². The number of halogens is 1. The lowest BCUT2D eigenvalue weighted by atomic mass is 9.97. The number of para-hydroxylation sites is 1. The van der Waals surface area contributed by atoms with E-state index in [9.17, 15) is 4.79 Å². The molecule has 2 nitrogen and oxygen atoms in total. The third-order valence-electron chi connectivity index (χ3n) is 3.88. The Kier molecular flexibility index (Phi) is 5.29. The van der Waals surface area contributed by atoms with Gasteiger partial charge in [-0.3, -0.25) is 4.79 Å². The van der Waals surface area contributed by atoms with Crippen molar-refractivity contribution < 1.29 is 4.79 Å². The number of carbonyl (C=O) groups excluding carboxylic acids is 1. The van der Waals surface area contributed by atoms with Crippen LogP contribution in [0, 0.1) is 0 Å². The number of nitrogens with one attached hydrogen (secondary N) is 1. The maximum atomic E-state index is 12.6. The van der Waals surface area contributed by atoms with Crippen molar-refractivity contribution in [2.75, 3.05) is 5.32 Å². The minimum atomic E-state index is -0.186. The molecule has 0 aliphatic carbocycles. The molecule has 3 heteroatoms. The standard InChI is InChI=1S/C21H18ClNO/c22-19-14-8-7-13-18(19)20(23-17-11-5-2-6-12-17)15-21(24)16-9-3-1-4-10-16/h1-14,20,23H,15H2. The summed E-state index contributed by atoms with van der Waals surface area (Å²) in [5.74, 6) is 0.0870. The summed E-state index contributed by atoms with van der Waals surface area (Å²) in [4.78, 5) is 12.6. The smallest absolute Gasteiger partial charge is 0.165 e. The van der Waals surface area contributed by atoms with Crippen molar-refractivity contribution in [3.63, 3.8) is 0 Å². The topological polar surface area (TPSA) is 29.1 Å². The predicted molar refractivity (Wildman–Crippen MR) is 99.6 cm³/mol. The number of hydrogen-bond donors (Lipinski definition) is 1. The Bertz CT molecular complexity index is 802. The second kappa shape index (κ2) is 7.80. The highest BCUT2D eigenvalue weighted by molar-refractivity contribution is 6.31. The average Bonchev–Trinajstić information content (AvgIpc) is 2.63. The van der Waals surface area contributed by atoms with Gasteiger partial charge in [0.2, 0.25) is 0 Å². The lowest BCUT2D eigenvalue weighted by Crippen LogP contribution is -2.16. The molecule has 0 saturated carbocycles. The largest absolute Gasteiger partial charge is 0.378 e. The van der Waals surface area contributed by atoms with Gasteiger partial charge in [-0.05, 0) is 23.8 Å². The van der Waals surface area contributed by atoms with Crippen LogP contribution in [-0.2, 0) is 0 Å². The molecule has 0 aliphatic rings. The van der Waals surface area contributed by atoms with Gasteiger partial charge in [-0.25, -0.2) is 0 Å². The lowest BCUT2D eigenvalue weighted by Gasteiger charge is -2.21. The van der Waals surface area contributed by atoms with Gasteiger partial charge in [-0.2, -0.15) is 0 Å². The van der Waals surface area contributed by atoms with Gasteiger partial charge >= 0.3 is 0 Å². The van der Waals surface area contributed by atoms with Crippen LogP contribution >= 0.6 is 11.6 Å². The van der Waals surface area contributed by atoms with Crippen LogP contribution in [0.1, 0.15) is 28.4 Å². The Morgan fingerprint density at radius 2 is 1.42 bits per heavy atom. The number of ketones is 1. The molecule has 0 heterocycles. The zero-order valence-corrected chi connectivity index (χ0v) is 13.9. The van der Waals surface area contributed by atoms with E-state index < -0.39 is 0 Å². The summed E-state index contributed by atoms with van der Waals surface area (Å²) in [7, 11) is 0. The van der Waals surface area contributed by atoms with Gasteiger partial charge in [0.25, 0.3) is 0 Å². The van der Waals surface area contributed by atoms with Gasteiger partial charge < -0.3 is 5.32 Å². The normalized spacial score (nSPS) is 11.7. The Morgan fingerprint density at radius 1 is 0.833 bits per heavy atom. The fourth-order valence-electron chi connectivity index (χ4n) is 2.66. The van der Waals surface area contributed by atoms with E-state index in [1.165, 1.54) is 0 Å². The molecule has 0 fully saturated rings. The molecule has 0 radical (unpaired) electrons. The molecular formula is C21H18ClNO. The fourth-order valence-corrected chi connectivity index (χ4v) is 2.93. The SMILES string of the molecule is O=C(CC(Nc1ccccc1)c1ccccc1Cl)c1ccccc1. The van der Waals surface area contributed by atoms with E-state index in [0.717, 1.165) is 11.3 Å². The Morgan fingerprint density at radius 3 is 2.08 bits per heavy atom. The Hall–Kier alpha value is -2.58. The highest BCUT2D eigenvalue weighted by atomic mass is 35.5. The van der Waals surface area contributed by atoms with Crippen LogP contribution in [0.4, 0.5) is 5.69 Å².